The van der Waals surface area contributed by atoms with Crippen molar-refractivity contribution < 1.29 is 9.18 Å². The molecule has 0 fully saturated rings. The molecule has 1 atom stereocenters. The first-order valence-electron chi connectivity index (χ1n) is 5.77. The number of hydrogen-bond donors (Lipinski definition) is 0. The van der Waals surface area contributed by atoms with Crippen LogP contribution >= 0.6 is 15.9 Å². The molecule has 0 aliphatic carbocycles. The minimum atomic E-state index is -0.406. The van der Waals surface area contributed by atoms with E-state index < -0.39 is 5.82 Å². The van der Waals surface area contributed by atoms with E-state index in [9.17, 15) is 9.18 Å². The summed E-state index contributed by atoms with van der Waals surface area (Å²) in [6.45, 7) is 6.59. The Hall–Kier alpha value is -0.900. The highest BCUT2D eigenvalue weighted by molar-refractivity contribution is 9.10. The van der Waals surface area contributed by atoms with Crippen molar-refractivity contribution in [2.45, 2.75) is 33.2 Å². The van der Waals surface area contributed by atoms with Gasteiger partial charge in [-0.3, -0.25) is 4.79 Å². The van der Waals surface area contributed by atoms with Crippen LogP contribution in [0.1, 0.15) is 37.6 Å². The zero-order valence-electron chi connectivity index (χ0n) is 10.3. The van der Waals surface area contributed by atoms with Crippen molar-refractivity contribution in [1.29, 1.82) is 0 Å². The van der Waals surface area contributed by atoms with Gasteiger partial charge in [0.25, 0.3) is 5.91 Å². The number of benzene rings is 1. The zero-order valence-corrected chi connectivity index (χ0v) is 11.9. The summed E-state index contributed by atoms with van der Waals surface area (Å²) in [7, 11) is 0. The predicted molar refractivity (Wildman–Crippen MR) is 70.6 cm³/mol. The monoisotopic (exact) mass is 301 g/mol. The maximum atomic E-state index is 13.4. The third-order valence-corrected chi connectivity index (χ3v) is 3.53. The van der Waals surface area contributed by atoms with Crippen LogP contribution in [-0.4, -0.2) is 23.4 Å². The van der Waals surface area contributed by atoms with Gasteiger partial charge in [0.15, 0.2) is 0 Å². The molecular weight excluding hydrogens is 285 g/mol. The molecule has 17 heavy (non-hydrogen) atoms. The molecule has 0 bridgehead atoms. The Morgan fingerprint density at radius 2 is 2.12 bits per heavy atom. The molecule has 0 radical (unpaired) electrons. The average molecular weight is 302 g/mol. The van der Waals surface area contributed by atoms with E-state index in [1.807, 2.05) is 20.8 Å². The summed E-state index contributed by atoms with van der Waals surface area (Å²) >= 11 is 3.08. The Morgan fingerprint density at radius 3 is 2.59 bits per heavy atom. The van der Waals surface area contributed by atoms with E-state index in [0.717, 1.165) is 6.42 Å². The third-order valence-electron chi connectivity index (χ3n) is 2.89. The first kappa shape index (κ1) is 14.2. The van der Waals surface area contributed by atoms with Gasteiger partial charge in [0.2, 0.25) is 0 Å². The lowest BCUT2D eigenvalue weighted by molar-refractivity contribution is 0.0699. The van der Waals surface area contributed by atoms with Gasteiger partial charge in [-0.2, -0.15) is 0 Å². The molecule has 1 aromatic carbocycles. The summed E-state index contributed by atoms with van der Waals surface area (Å²) in [5.74, 6) is -0.524. The van der Waals surface area contributed by atoms with Crippen LogP contribution in [0.3, 0.4) is 0 Å². The zero-order chi connectivity index (χ0) is 13.0. The summed E-state index contributed by atoms with van der Waals surface area (Å²) in [5, 5.41) is 0. The average Bonchev–Trinajstić information content (AvgIpc) is 2.33. The molecule has 1 unspecified atom stereocenters. The molecule has 0 saturated heterocycles. The van der Waals surface area contributed by atoms with Crippen LogP contribution < -0.4 is 0 Å². The molecule has 0 aliphatic heterocycles. The number of carbonyl (C=O) groups excluding carboxylic acids is 1. The maximum absolute atomic E-state index is 13.4. The van der Waals surface area contributed by atoms with Crippen molar-refractivity contribution >= 4 is 21.8 Å². The predicted octanol–water partition coefficient (Wildman–Crippen LogP) is 3.85. The summed E-state index contributed by atoms with van der Waals surface area (Å²) in [5.41, 5.74) is 0.396. The molecule has 0 N–H and O–H groups in total. The molecule has 1 aromatic rings. The summed E-state index contributed by atoms with van der Waals surface area (Å²) in [6.07, 6.45) is 0.887. The van der Waals surface area contributed by atoms with Crippen LogP contribution in [-0.2, 0) is 0 Å². The second kappa shape index (κ2) is 6.15. The van der Waals surface area contributed by atoms with Crippen LogP contribution in [0.25, 0.3) is 0 Å². The standard InChI is InChI=1S/C13H17BrFNO/c1-4-9(3)16(5-2)13(17)10-6-7-11(14)12(15)8-10/h6-9H,4-5H2,1-3H3. The van der Waals surface area contributed by atoms with Gasteiger partial charge in [0.1, 0.15) is 5.82 Å². The molecule has 0 saturated carbocycles. The van der Waals surface area contributed by atoms with Crippen molar-refractivity contribution in [1.82, 2.24) is 4.90 Å². The van der Waals surface area contributed by atoms with E-state index in [1.54, 1.807) is 17.0 Å². The molecule has 0 spiro atoms. The van der Waals surface area contributed by atoms with Gasteiger partial charge >= 0.3 is 0 Å². The largest absolute Gasteiger partial charge is 0.336 e. The number of rotatable bonds is 4. The number of hydrogen-bond acceptors (Lipinski definition) is 1. The lowest BCUT2D eigenvalue weighted by Crippen LogP contribution is -2.38. The van der Waals surface area contributed by atoms with E-state index >= 15 is 0 Å². The topological polar surface area (TPSA) is 20.3 Å². The molecular formula is C13H17BrFNO. The molecule has 0 heterocycles. The van der Waals surface area contributed by atoms with Crippen molar-refractivity contribution in [3.05, 3.63) is 34.1 Å². The van der Waals surface area contributed by atoms with Gasteiger partial charge in [-0.05, 0) is 54.4 Å². The fourth-order valence-corrected chi connectivity index (χ4v) is 1.92. The van der Waals surface area contributed by atoms with Gasteiger partial charge in [0, 0.05) is 18.2 Å². The molecule has 4 heteroatoms. The van der Waals surface area contributed by atoms with Crippen LogP contribution in [0.5, 0.6) is 0 Å². The van der Waals surface area contributed by atoms with E-state index in [-0.39, 0.29) is 11.9 Å². The Kier molecular flexibility index (Phi) is 5.12. The van der Waals surface area contributed by atoms with Crippen molar-refractivity contribution in [3.8, 4) is 0 Å². The summed E-state index contributed by atoms with van der Waals surface area (Å²) < 4.78 is 13.7. The highest BCUT2D eigenvalue weighted by Crippen LogP contribution is 2.18. The third kappa shape index (κ3) is 3.28. The summed E-state index contributed by atoms with van der Waals surface area (Å²) in [4.78, 5) is 13.9. The number of carbonyl (C=O) groups is 1. The van der Waals surface area contributed by atoms with Gasteiger partial charge in [-0.1, -0.05) is 6.92 Å². The second-order valence-electron chi connectivity index (χ2n) is 3.98. The van der Waals surface area contributed by atoms with E-state index in [2.05, 4.69) is 15.9 Å². The van der Waals surface area contributed by atoms with Crippen molar-refractivity contribution in [2.24, 2.45) is 0 Å². The summed E-state index contributed by atoms with van der Waals surface area (Å²) in [6, 6.07) is 4.64. The molecule has 2 nitrogen and oxygen atoms in total. The highest BCUT2D eigenvalue weighted by atomic mass is 79.9. The molecule has 1 rings (SSSR count). The van der Waals surface area contributed by atoms with Crippen molar-refractivity contribution in [2.75, 3.05) is 6.54 Å². The maximum Gasteiger partial charge on any atom is 0.254 e. The molecule has 94 valence electrons. The van der Waals surface area contributed by atoms with Crippen LogP contribution in [0.2, 0.25) is 0 Å². The Labute approximate surface area is 110 Å². The van der Waals surface area contributed by atoms with Gasteiger partial charge < -0.3 is 4.90 Å². The van der Waals surface area contributed by atoms with Crippen LogP contribution in [0, 0.1) is 5.82 Å². The molecule has 0 aliphatic rings. The Balaban J connectivity index is 2.98. The van der Waals surface area contributed by atoms with E-state index in [4.69, 9.17) is 0 Å². The minimum absolute atomic E-state index is 0.117. The smallest absolute Gasteiger partial charge is 0.254 e. The SMILES string of the molecule is CCC(C)N(CC)C(=O)c1ccc(Br)c(F)c1. The lowest BCUT2D eigenvalue weighted by Gasteiger charge is -2.27. The van der Waals surface area contributed by atoms with E-state index in [0.29, 0.717) is 16.6 Å². The van der Waals surface area contributed by atoms with E-state index in [1.165, 1.54) is 6.07 Å². The van der Waals surface area contributed by atoms with Crippen LogP contribution in [0.15, 0.2) is 22.7 Å². The van der Waals surface area contributed by atoms with Gasteiger partial charge in [-0.25, -0.2) is 4.39 Å². The first-order chi connectivity index (χ1) is 8.01. The second-order valence-corrected chi connectivity index (χ2v) is 4.83. The van der Waals surface area contributed by atoms with Crippen molar-refractivity contribution in [3.63, 3.8) is 0 Å². The fraction of sp³-hybridized carbons (Fsp3) is 0.462. The van der Waals surface area contributed by atoms with Crippen LogP contribution in [0.4, 0.5) is 4.39 Å². The molecule has 1 amide bonds. The fourth-order valence-electron chi connectivity index (χ4n) is 1.67. The number of halogens is 2. The Bertz CT molecular complexity index is 408. The number of amides is 1. The Morgan fingerprint density at radius 1 is 1.47 bits per heavy atom. The van der Waals surface area contributed by atoms with Gasteiger partial charge in [0.05, 0.1) is 4.47 Å². The highest BCUT2D eigenvalue weighted by Gasteiger charge is 2.19. The molecule has 0 aromatic heterocycles. The minimum Gasteiger partial charge on any atom is -0.336 e. The lowest BCUT2D eigenvalue weighted by atomic mass is 10.1. The number of nitrogens with zero attached hydrogens (tertiary/aromatic N) is 1. The quantitative estimate of drug-likeness (QED) is 0.827. The normalized spacial score (nSPS) is 12.3. The first-order valence-corrected chi connectivity index (χ1v) is 6.56. The van der Waals surface area contributed by atoms with Gasteiger partial charge in [-0.15, -0.1) is 0 Å².